The molecule has 1 aromatic heterocycles. The summed E-state index contributed by atoms with van der Waals surface area (Å²) in [5.41, 5.74) is 1.88. The molecule has 0 aliphatic rings. The Bertz CT molecular complexity index is 687. The summed E-state index contributed by atoms with van der Waals surface area (Å²) < 4.78 is 5.31. The Hall–Kier alpha value is -2.27. The van der Waals surface area contributed by atoms with Gasteiger partial charge in [0.2, 0.25) is 0 Å². The van der Waals surface area contributed by atoms with Gasteiger partial charge in [-0.1, -0.05) is 11.6 Å². The van der Waals surface area contributed by atoms with Crippen LogP contribution in [0.25, 0.3) is 0 Å². The lowest BCUT2D eigenvalue weighted by molar-refractivity contribution is 0.0767. The van der Waals surface area contributed by atoms with E-state index >= 15 is 0 Å². The van der Waals surface area contributed by atoms with E-state index in [1.165, 1.54) is 0 Å². The van der Waals surface area contributed by atoms with E-state index in [-0.39, 0.29) is 5.91 Å². The quantitative estimate of drug-likeness (QED) is 0.869. The zero-order valence-electron chi connectivity index (χ0n) is 13.5. The van der Waals surface area contributed by atoms with Crippen molar-refractivity contribution in [3.8, 4) is 5.75 Å². The van der Waals surface area contributed by atoms with Gasteiger partial charge in [-0.2, -0.15) is 0 Å². The third-order valence-electron chi connectivity index (χ3n) is 3.47. The molecule has 0 saturated heterocycles. The van der Waals surface area contributed by atoms with Crippen molar-refractivity contribution in [2.24, 2.45) is 0 Å². The van der Waals surface area contributed by atoms with Crippen molar-refractivity contribution in [1.29, 1.82) is 0 Å². The van der Waals surface area contributed by atoms with Gasteiger partial charge in [0, 0.05) is 30.0 Å². The third-order valence-corrected chi connectivity index (χ3v) is 3.71. The minimum Gasteiger partial charge on any atom is -0.495 e. The topological polar surface area (TPSA) is 54.5 Å². The van der Waals surface area contributed by atoms with Crippen LogP contribution in [0.1, 0.15) is 24.3 Å². The summed E-state index contributed by atoms with van der Waals surface area (Å²) in [6, 6.07) is 8.83. The van der Waals surface area contributed by atoms with Gasteiger partial charge in [-0.05, 0) is 44.2 Å². The second-order valence-electron chi connectivity index (χ2n) is 4.88. The van der Waals surface area contributed by atoms with Crippen molar-refractivity contribution >= 4 is 28.9 Å². The Morgan fingerprint density at radius 1 is 1.26 bits per heavy atom. The lowest BCUT2D eigenvalue weighted by Crippen LogP contribution is -2.31. The first-order chi connectivity index (χ1) is 11.1. The van der Waals surface area contributed by atoms with E-state index < -0.39 is 0 Å². The smallest absolute Gasteiger partial charge is 0.272 e. The first-order valence-electron chi connectivity index (χ1n) is 7.44. The number of ether oxygens (including phenoxy) is 1. The number of nitrogens with one attached hydrogen (secondary N) is 1. The van der Waals surface area contributed by atoms with Crippen LogP contribution < -0.4 is 10.1 Å². The van der Waals surface area contributed by atoms with Gasteiger partial charge in [0.25, 0.3) is 5.91 Å². The zero-order chi connectivity index (χ0) is 16.8. The molecule has 1 amide bonds. The molecule has 2 rings (SSSR count). The largest absolute Gasteiger partial charge is 0.495 e. The molecule has 1 heterocycles. The Labute approximate surface area is 141 Å². The SMILES string of the molecule is CCN(CC)C(=O)c1cc(Nc2cc(Cl)ccc2OC)ccn1. The average Bonchev–Trinajstić information content (AvgIpc) is 2.56. The number of hydrogen-bond donors (Lipinski definition) is 1. The Balaban J connectivity index is 2.27. The molecule has 0 saturated carbocycles. The number of carbonyl (C=O) groups excluding carboxylic acids is 1. The van der Waals surface area contributed by atoms with Gasteiger partial charge in [-0.3, -0.25) is 9.78 Å². The number of pyridine rings is 1. The van der Waals surface area contributed by atoms with E-state index in [1.807, 2.05) is 13.8 Å². The number of rotatable bonds is 6. The highest BCUT2D eigenvalue weighted by Crippen LogP contribution is 2.30. The molecule has 0 spiro atoms. The van der Waals surface area contributed by atoms with Crippen LogP contribution in [-0.4, -0.2) is 36.0 Å². The van der Waals surface area contributed by atoms with Gasteiger partial charge in [0.15, 0.2) is 0 Å². The molecule has 2 aromatic rings. The van der Waals surface area contributed by atoms with Gasteiger partial charge in [0.1, 0.15) is 11.4 Å². The first kappa shape index (κ1) is 17.1. The number of hydrogen-bond acceptors (Lipinski definition) is 4. The number of benzene rings is 1. The predicted molar refractivity (Wildman–Crippen MR) is 92.8 cm³/mol. The molecule has 0 aliphatic heterocycles. The molecule has 0 bridgehead atoms. The number of halogens is 1. The van der Waals surface area contributed by atoms with Crippen LogP contribution in [-0.2, 0) is 0 Å². The molecule has 0 aliphatic carbocycles. The van der Waals surface area contributed by atoms with Crippen LogP contribution in [0.5, 0.6) is 5.75 Å². The monoisotopic (exact) mass is 333 g/mol. The number of nitrogens with zero attached hydrogens (tertiary/aromatic N) is 2. The van der Waals surface area contributed by atoms with E-state index in [2.05, 4.69) is 10.3 Å². The Morgan fingerprint density at radius 3 is 2.65 bits per heavy atom. The summed E-state index contributed by atoms with van der Waals surface area (Å²) in [5, 5.41) is 3.81. The van der Waals surface area contributed by atoms with Gasteiger partial charge >= 0.3 is 0 Å². The molecule has 6 heteroatoms. The van der Waals surface area contributed by atoms with Gasteiger partial charge in [0.05, 0.1) is 12.8 Å². The molecule has 122 valence electrons. The number of methoxy groups -OCH3 is 1. The average molecular weight is 334 g/mol. The molecule has 0 unspecified atom stereocenters. The molecule has 1 N–H and O–H groups in total. The summed E-state index contributed by atoms with van der Waals surface area (Å²) in [6.45, 7) is 5.19. The standard InChI is InChI=1S/C17H20ClN3O2/c1-4-21(5-2)17(22)15-11-13(8-9-19-15)20-14-10-12(18)6-7-16(14)23-3/h6-11H,4-5H2,1-3H3,(H,19,20). The Kier molecular flexibility index (Phi) is 5.82. The molecule has 23 heavy (non-hydrogen) atoms. The lowest BCUT2D eigenvalue weighted by atomic mass is 10.2. The van der Waals surface area contributed by atoms with Crippen LogP contribution >= 0.6 is 11.6 Å². The van der Waals surface area contributed by atoms with Crippen molar-refractivity contribution in [2.45, 2.75) is 13.8 Å². The summed E-state index contributed by atoms with van der Waals surface area (Å²) in [7, 11) is 1.59. The molecular weight excluding hydrogens is 314 g/mol. The molecular formula is C17H20ClN3O2. The van der Waals surface area contributed by atoms with Crippen molar-refractivity contribution in [3.63, 3.8) is 0 Å². The maximum atomic E-state index is 12.4. The van der Waals surface area contributed by atoms with Crippen molar-refractivity contribution in [2.75, 3.05) is 25.5 Å². The predicted octanol–water partition coefficient (Wildman–Crippen LogP) is 3.97. The van der Waals surface area contributed by atoms with E-state index in [0.29, 0.717) is 29.6 Å². The minimum atomic E-state index is -0.0864. The van der Waals surface area contributed by atoms with E-state index in [1.54, 1.807) is 48.5 Å². The second kappa shape index (κ2) is 7.83. The molecule has 0 atom stereocenters. The fourth-order valence-electron chi connectivity index (χ4n) is 2.23. The second-order valence-corrected chi connectivity index (χ2v) is 5.31. The molecule has 0 fully saturated rings. The summed E-state index contributed by atoms with van der Waals surface area (Å²) >= 11 is 6.03. The van der Waals surface area contributed by atoms with Crippen LogP contribution in [0.15, 0.2) is 36.5 Å². The zero-order valence-corrected chi connectivity index (χ0v) is 14.2. The highest BCUT2D eigenvalue weighted by atomic mass is 35.5. The molecule has 1 aromatic carbocycles. The maximum absolute atomic E-state index is 12.4. The van der Waals surface area contributed by atoms with Crippen LogP contribution in [0, 0.1) is 0 Å². The van der Waals surface area contributed by atoms with Crippen LogP contribution in [0.3, 0.4) is 0 Å². The van der Waals surface area contributed by atoms with Gasteiger partial charge < -0.3 is 15.0 Å². The van der Waals surface area contributed by atoms with Crippen LogP contribution in [0.4, 0.5) is 11.4 Å². The highest BCUT2D eigenvalue weighted by molar-refractivity contribution is 6.31. The number of aromatic nitrogens is 1. The lowest BCUT2D eigenvalue weighted by Gasteiger charge is -2.18. The third kappa shape index (κ3) is 4.13. The fraction of sp³-hybridized carbons (Fsp3) is 0.294. The van der Waals surface area contributed by atoms with Crippen LogP contribution in [0.2, 0.25) is 5.02 Å². The van der Waals surface area contributed by atoms with Crippen molar-refractivity contribution < 1.29 is 9.53 Å². The Morgan fingerprint density at radius 2 is 2.00 bits per heavy atom. The minimum absolute atomic E-state index is 0.0864. The van der Waals surface area contributed by atoms with E-state index in [0.717, 1.165) is 11.4 Å². The summed E-state index contributed by atoms with van der Waals surface area (Å²) in [4.78, 5) is 18.3. The summed E-state index contributed by atoms with van der Waals surface area (Å²) in [5.74, 6) is 0.583. The first-order valence-corrected chi connectivity index (χ1v) is 7.82. The summed E-state index contributed by atoms with van der Waals surface area (Å²) in [6.07, 6.45) is 1.61. The van der Waals surface area contributed by atoms with Gasteiger partial charge in [-0.25, -0.2) is 0 Å². The van der Waals surface area contributed by atoms with E-state index in [4.69, 9.17) is 16.3 Å². The molecule has 0 radical (unpaired) electrons. The molecule has 5 nitrogen and oxygen atoms in total. The number of anilines is 2. The van der Waals surface area contributed by atoms with Crippen molar-refractivity contribution in [3.05, 3.63) is 47.2 Å². The normalized spacial score (nSPS) is 10.3. The number of carbonyl (C=O) groups is 1. The van der Waals surface area contributed by atoms with E-state index in [9.17, 15) is 4.79 Å². The highest BCUT2D eigenvalue weighted by Gasteiger charge is 2.14. The van der Waals surface area contributed by atoms with Crippen molar-refractivity contribution in [1.82, 2.24) is 9.88 Å². The van der Waals surface area contributed by atoms with Gasteiger partial charge in [-0.15, -0.1) is 0 Å². The maximum Gasteiger partial charge on any atom is 0.272 e. The fourth-order valence-corrected chi connectivity index (χ4v) is 2.40. The number of amides is 1.